The quantitative estimate of drug-likeness (QED) is 0.762. The van der Waals surface area contributed by atoms with Crippen LogP contribution in [0, 0.1) is 5.41 Å². The van der Waals surface area contributed by atoms with E-state index < -0.39 is 0 Å². The van der Waals surface area contributed by atoms with Gasteiger partial charge in [0, 0.05) is 35.6 Å². The van der Waals surface area contributed by atoms with Crippen molar-refractivity contribution in [1.29, 1.82) is 0 Å². The van der Waals surface area contributed by atoms with E-state index in [-0.39, 0.29) is 11.2 Å². The highest BCUT2D eigenvalue weighted by molar-refractivity contribution is 7.13. The summed E-state index contributed by atoms with van der Waals surface area (Å²) >= 11 is 1.55. The zero-order valence-corrected chi connectivity index (χ0v) is 13.9. The molecular formula is C18H17N3OS. The second kappa shape index (κ2) is 5.13. The molecule has 0 saturated heterocycles. The normalized spacial score (nSPS) is 16.3. The number of nitrogens with one attached hydrogen (secondary N) is 1. The van der Waals surface area contributed by atoms with Gasteiger partial charge in [0.25, 0.3) is 0 Å². The molecule has 116 valence electrons. The van der Waals surface area contributed by atoms with Crippen LogP contribution in [0.4, 0.5) is 0 Å². The first-order valence-electron chi connectivity index (χ1n) is 7.63. The standard InChI is InChI=1S/C18H17N3OS/c1-18(2)7-12-15(13(22)8-18)16(14-9-19-10-23-14)17(21-12)11-5-3-4-6-20-11/h3-6,9-10,21H,7-8H2,1-2H3. The molecule has 3 heterocycles. The smallest absolute Gasteiger partial charge is 0.165 e. The monoisotopic (exact) mass is 323 g/mol. The summed E-state index contributed by atoms with van der Waals surface area (Å²) in [6, 6.07) is 5.83. The van der Waals surface area contributed by atoms with Crippen LogP contribution in [0.5, 0.6) is 0 Å². The highest BCUT2D eigenvalue weighted by Crippen LogP contribution is 2.44. The number of ketones is 1. The van der Waals surface area contributed by atoms with E-state index in [1.807, 2.05) is 24.4 Å². The Labute approximate surface area is 138 Å². The van der Waals surface area contributed by atoms with E-state index >= 15 is 0 Å². The third-order valence-electron chi connectivity index (χ3n) is 4.25. The molecule has 4 rings (SSSR count). The van der Waals surface area contributed by atoms with E-state index in [1.165, 1.54) is 0 Å². The molecule has 1 N–H and O–H groups in total. The number of carbonyl (C=O) groups is 1. The van der Waals surface area contributed by atoms with Crippen LogP contribution in [-0.2, 0) is 6.42 Å². The van der Waals surface area contributed by atoms with Gasteiger partial charge in [-0.2, -0.15) is 0 Å². The zero-order chi connectivity index (χ0) is 16.0. The minimum absolute atomic E-state index is 0.0126. The number of aromatic amines is 1. The molecule has 3 aromatic rings. The molecule has 1 aliphatic carbocycles. The van der Waals surface area contributed by atoms with Crippen molar-refractivity contribution in [2.45, 2.75) is 26.7 Å². The third-order valence-corrected chi connectivity index (χ3v) is 5.04. The van der Waals surface area contributed by atoms with Crippen LogP contribution in [0.25, 0.3) is 21.8 Å². The van der Waals surface area contributed by atoms with Gasteiger partial charge in [-0.05, 0) is 24.0 Å². The van der Waals surface area contributed by atoms with Gasteiger partial charge < -0.3 is 4.98 Å². The number of hydrogen-bond donors (Lipinski definition) is 1. The van der Waals surface area contributed by atoms with Gasteiger partial charge >= 0.3 is 0 Å². The highest BCUT2D eigenvalue weighted by Gasteiger charge is 2.36. The topological polar surface area (TPSA) is 58.6 Å². The second-order valence-corrected chi connectivity index (χ2v) is 7.64. The number of fused-ring (bicyclic) bond motifs is 1. The Morgan fingerprint density at radius 3 is 2.78 bits per heavy atom. The van der Waals surface area contributed by atoms with E-state index in [4.69, 9.17) is 0 Å². The number of H-pyrrole nitrogens is 1. The minimum atomic E-state index is -0.0126. The fraction of sp³-hybridized carbons (Fsp3) is 0.278. The number of thiazole rings is 1. The number of aromatic nitrogens is 3. The summed E-state index contributed by atoms with van der Waals surface area (Å²) in [5.41, 5.74) is 6.38. The Balaban J connectivity index is 1.99. The van der Waals surface area contributed by atoms with Crippen molar-refractivity contribution in [2.75, 3.05) is 0 Å². The van der Waals surface area contributed by atoms with Gasteiger partial charge in [0.05, 0.1) is 21.8 Å². The van der Waals surface area contributed by atoms with Gasteiger partial charge in [0.2, 0.25) is 0 Å². The van der Waals surface area contributed by atoms with E-state index in [0.717, 1.165) is 39.5 Å². The van der Waals surface area contributed by atoms with Crippen molar-refractivity contribution < 1.29 is 4.79 Å². The Morgan fingerprint density at radius 2 is 2.09 bits per heavy atom. The first kappa shape index (κ1) is 14.3. The fourth-order valence-electron chi connectivity index (χ4n) is 3.34. The molecule has 0 aromatic carbocycles. The molecule has 1 aliphatic rings. The second-order valence-electron chi connectivity index (χ2n) is 6.75. The molecule has 3 aromatic heterocycles. The maximum absolute atomic E-state index is 12.8. The predicted molar refractivity (Wildman–Crippen MR) is 91.6 cm³/mol. The van der Waals surface area contributed by atoms with Crippen LogP contribution in [0.3, 0.4) is 0 Å². The van der Waals surface area contributed by atoms with Crippen molar-refractivity contribution in [1.82, 2.24) is 15.0 Å². The lowest BCUT2D eigenvalue weighted by Crippen LogP contribution is -2.26. The molecule has 4 nitrogen and oxygen atoms in total. The predicted octanol–water partition coefficient (Wildman–Crippen LogP) is 4.36. The van der Waals surface area contributed by atoms with Crippen molar-refractivity contribution in [3.8, 4) is 21.8 Å². The van der Waals surface area contributed by atoms with Crippen molar-refractivity contribution in [3.05, 3.63) is 47.4 Å². The molecule has 0 atom stereocenters. The Kier molecular flexibility index (Phi) is 3.20. The summed E-state index contributed by atoms with van der Waals surface area (Å²) < 4.78 is 0. The van der Waals surface area contributed by atoms with Crippen LogP contribution in [0.15, 0.2) is 36.1 Å². The summed E-state index contributed by atoms with van der Waals surface area (Å²) in [6.45, 7) is 4.28. The first-order valence-corrected chi connectivity index (χ1v) is 8.51. The van der Waals surface area contributed by atoms with Gasteiger partial charge in [-0.25, -0.2) is 0 Å². The molecule has 0 aliphatic heterocycles. The zero-order valence-electron chi connectivity index (χ0n) is 13.1. The van der Waals surface area contributed by atoms with Crippen molar-refractivity contribution >= 4 is 17.1 Å². The van der Waals surface area contributed by atoms with Crippen LogP contribution in [0.1, 0.15) is 36.3 Å². The lowest BCUT2D eigenvalue weighted by atomic mass is 9.75. The van der Waals surface area contributed by atoms with Crippen LogP contribution in [-0.4, -0.2) is 20.7 Å². The molecule has 0 amide bonds. The SMILES string of the molecule is CC1(C)CC(=O)c2c([nH]c(-c3ccccn3)c2-c2cncs2)C1. The van der Waals surface area contributed by atoms with Gasteiger partial charge in [0.15, 0.2) is 5.78 Å². The molecule has 0 radical (unpaired) electrons. The maximum atomic E-state index is 12.8. The number of carbonyl (C=O) groups excluding carboxylic acids is 1. The molecular weight excluding hydrogens is 306 g/mol. The number of pyridine rings is 1. The molecule has 0 fully saturated rings. The largest absolute Gasteiger partial charge is 0.356 e. The molecule has 5 heteroatoms. The maximum Gasteiger partial charge on any atom is 0.165 e. The molecule has 0 saturated carbocycles. The number of Topliss-reactive ketones (excluding diaryl/α,β-unsaturated/α-hetero) is 1. The van der Waals surface area contributed by atoms with Gasteiger partial charge in [0.1, 0.15) is 0 Å². The van der Waals surface area contributed by atoms with Crippen LogP contribution in [0.2, 0.25) is 0 Å². The van der Waals surface area contributed by atoms with Crippen molar-refractivity contribution in [2.24, 2.45) is 5.41 Å². The minimum Gasteiger partial charge on any atom is -0.356 e. The molecule has 0 spiro atoms. The first-order chi connectivity index (χ1) is 11.1. The molecule has 23 heavy (non-hydrogen) atoms. The fourth-order valence-corrected chi connectivity index (χ4v) is 4.02. The summed E-state index contributed by atoms with van der Waals surface area (Å²) in [4.78, 5) is 26.0. The summed E-state index contributed by atoms with van der Waals surface area (Å²) in [5.74, 6) is 0.207. The van der Waals surface area contributed by atoms with Gasteiger partial charge in [-0.3, -0.25) is 14.8 Å². The van der Waals surface area contributed by atoms with Crippen LogP contribution >= 0.6 is 11.3 Å². The molecule has 0 unspecified atom stereocenters. The number of nitrogens with zero attached hydrogens (tertiary/aromatic N) is 2. The summed E-state index contributed by atoms with van der Waals surface area (Å²) in [7, 11) is 0. The summed E-state index contributed by atoms with van der Waals surface area (Å²) in [5, 5.41) is 0. The average molecular weight is 323 g/mol. The number of rotatable bonds is 2. The Bertz CT molecular complexity index is 863. The Morgan fingerprint density at radius 1 is 1.22 bits per heavy atom. The number of hydrogen-bond acceptors (Lipinski definition) is 4. The van der Waals surface area contributed by atoms with Crippen LogP contribution < -0.4 is 0 Å². The van der Waals surface area contributed by atoms with E-state index in [1.54, 1.807) is 23.0 Å². The Hall–Kier alpha value is -2.27. The lowest BCUT2D eigenvalue weighted by molar-refractivity contribution is 0.0912. The van der Waals surface area contributed by atoms with Crippen molar-refractivity contribution in [3.63, 3.8) is 0 Å². The third kappa shape index (κ3) is 2.41. The van der Waals surface area contributed by atoms with Gasteiger partial charge in [-0.1, -0.05) is 19.9 Å². The average Bonchev–Trinajstić information content (AvgIpc) is 3.13. The van der Waals surface area contributed by atoms with Gasteiger partial charge in [-0.15, -0.1) is 11.3 Å². The van der Waals surface area contributed by atoms with E-state index in [2.05, 4.69) is 28.8 Å². The highest BCUT2D eigenvalue weighted by atomic mass is 32.1. The van der Waals surface area contributed by atoms with E-state index in [9.17, 15) is 4.79 Å². The molecule has 0 bridgehead atoms. The summed E-state index contributed by atoms with van der Waals surface area (Å²) in [6.07, 6.45) is 5.04. The van der Waals surface area contributed by atoms with E-state index in [0.29, 0.717) is 6.42 Å². The lowest BCUT2D eigenvalue weighted by Gasteiger charge is -2.28.